The Balaban J connectivity index is 1.88. The lowest BCUT2D eigenvalue weighted by molar-refractivity contribution is -0.143. The van der Waals surface area contributed by atoms with Crippen molar-refractivity contribution in [1.29, 1.82) is 0 Å². The summed E-state index contributed by atoms with van der Waals surface area (Å²) >= 11 is 0. The molecule has 1 aromatic carbocycles. The lowest BCUT2D eigenvalue weighted by Crippen LogP contribution is -2.25. The average Bonchev–Trinajstić information content (AvgIpc) is 2.65. The van der Waals surface area contributed by atoms with E-state index >= 15 is 0 Å². The van der Waals surface area contributed by atoms with Crippen LogP contribution >= 0.6 is 0 Å². The van der Waals surface area contributed by atoms with Crippen molar-refractivity contribution in [2.75, 3.05) is 20.3 Å². The zero-order valence-electron chi connectivity index (χ0n) is 14.5. The molecule has 0 fully saturated rings. The molecule has 1 N–H and O–H groups in total. The number of methoxy groups -OCH3 is 1. The average molecular weight is 342 g/mol. The third-order valence-electron chi connectivity index (χ3n) is 3.54. The molecule has 2 rings (SSSR count). The number of nitrogens with zero attached hydrogens (tertiary/aromatic N) is 1. The van der Waals surface area contributed by atoms with Crippen LogP contribution < -0.4 is 10.1 Å². The van der Waals surface area contributed by atoms with Gasteiger partial charge in [-0.05, 0) is 37.6 Å². The topological polar surface area (TPSA) is 77.5 Å². The Morgan fingerprint density at radius 1 is 1.20 bits per heavy atom. The summed E-state index contributed by atoms with van der Waals surface area (Å²) in [5.74, 6) is 0.289. The van der Waals surface area contributed by atoms with Gasteiger partial charge in [0.2, 0.25) is 0 Å². The molecule has 132 valence electrons. The third-order valence-corrected chi connectivity index (χ3v) is 3.54. The SMILES string of the molecule is CCOC(=O)CCCNC(=O)c1ccc(-c2cccc(OC)c2)nc1. The summed E-state index contributed by atoms with van der Waals surface area (Å²) in [5.41, 5.74) is 2.15. The number of hydrogen-bond donors (Lipinski definition) is 1. The number of pyridine rings is 1. The largest absolute Gasteiger partial charge is 0.497 e. The molecular formula is C19H22N2O4. The highest BCUT2D eigenvalue weighted by Crippen LogP contribution is 2.22. The maximum Gasteiger partial charge on any atom is 0.305 e. The van der Waals surface area contributed by atoms with Gasteiger partial charge in [-0.3, -0.25) is 14.6 Å². The molecule has 6 heteroatoms. The van der Waals surface area contributed by atoms with Gasteiger partial charge >= 0.3 is 5.97 Å². The first-order valence-electron chi connectivity index (χ1n) is 8.18. The summed E-state index contributed by atoms with van der Waals surface area (Å²) in [6.07, 6.45) is 2.37. The van der Waals surface area contributed by atoms with Gasteiger partial charge in [-0.2, -0.15) is 0 Å². The molecule has 0 aliphatic carbocycles. The second kappa shape index (κ2) is 9.42. The maximum atomic E-state index is 12.1. The van der Waals surface area contributed by atoms with E-state index in [4.69, 9.17) is 9.47 Å². The molecule has 0 unspecified atom stereocenters. The number of carbonyl (C=O) groups is 2. The van der Waals surface area contributed by atoms with Crippen molar-refractivity contribution in [3.8, 4) is 17.0 Å². The summed E-state index contributed by atoms with van der Waals surface area (Å²) in [6, 6.07) is 11.1. The van der Waals surface area contributed by atoms with Crippen molar-refractivity contribution < 1.29 is 19.1 Å². The Morgan fingerprint density at radius 3 is 2.72 bits per heavy atom. The second-order valence-electron chi connectivity index (χ2n) is 5.33. The Labute approximate surface area is 147 Å². The van der Waals surface area contributed by atoms with E-state index in [2.05, 4.69) is 10.3 Å². The number of nitrogens with one attached hydrogen (secondary N) is 1. The van der Waals surface area contributed by atoms with Crippen LogP contribution in [-0.4, -0.2) is 37.1 Å². The number of ether oxygens (including phenoxy) is 2. The van der Waals surface area contributed by atoms with Crippen LogP contribution in [0.5, 0.6) is 5.75 Å². The lowest BCUT2D eigenvalue weighted by Gasteiger charge is -2.07. The van der Waals surface area contributed by atoms with Gasteiger partial charge in [0.25, 0.3) is 5.91 Å². The van der Waals surface area contributed by atoms with Crippen LogP contribution in [-0.2, 0) is 9.53 Å². The van der Waals surface area contributed by atoms with Gasteiger partial charge in [0.1, 0.15) is 5.75 Å². The zero-order chi connectivity index (χ0) is 18.1. The molecule has 2 aromatic rings. The molecule has 25 heavy (non-hydrogen) atoms. The molecule has 1 heterocycles. The van der Waals surface area contributed by atoms with Crippen LogP contribution in [0, 0.1) is 0 Å². The second-order valence-corrected chi connectivity index (χ2v) is 5.33. The minimum absolute atomic E-state index is 0.214. The van der Waals surface area contributed by atoms with Crippen LogP contribution in [0.15, 0.2) is 42.6 Å². The maximum absolute atomic E-state index is 12.1. The Bertz CT molecular complexity index is 714. The smallest absolute Gasteiger partial charge is 0.305 e. The molecule has 0 spiro atoms. The van der Waals surface area contributed by atoms with Gasteiger partial charge in [-0.1, -0.05) is 12.1 Å². The number of aromatic nitrogens is 1. The Kier molecular flexibility index (Phi) is 6.95. The number of hydrogen-bond acceptors (Lipinski definition) is 5. The van der Waals surface area contributed by atoms with Gasteiger partial charge in [-0.15, -0.1) is 0 Å². The summed E-state index contributed by atoms with van der Waals surface area (Å²) in [4.78, 5) is 27.6. The van der Waals surface area contributed by atoms with E-state index in [-0.39, 0.29) is 11.9 Å². The fourth-order valence-electron chi connectivity index (χ4n) is 2.25. The van der Waals surface area contributed by atoms with Crippen LogP contribution in [0.4, 0.5) is 0 Å². The van der Waals surface area contributed by atoms with Crippen LogP contribution in [0.3, 0.4) is 0 Å². The predicted octanol–water partition coefficient (Wildman–Crippen LogP) is 2.83. The molecule has 6 nitrogen and oxygen atoms in total. The van der Waals surface area contributed by atoms with E-state index in [1.807, 2.05) is 24.3 Å². The zero-order valence-corrected chi connectivity index (χ0v) is 14.5. The molecule has 0 aliphatic rings. The van der Waals surface area contributed by atoms with Gasteiger partial charge < -0.3 is 14.8 Å². The molecule has 1 amide bonds. The molecule has 0 atom stereocenters. The quantitative estimate of drug-likeness (QED) is 0.589. The number of rotatable bonds is 8. The molecule has 0 aliphatic heterocycles. The lowest BCUT2D eigenvalue weighted by atomic mass is 10.1. The van der Waals surface area contributed by atoms with Crippen LogP contribution in [0.25, 0.3) is 11.3 Å². The van der Waals surface area contributed by atoms with E-state index < -0.39 is 0 Å². The molecular weight excluding hydrogens is 320 g/mol. The normalized spacial score (nSPS) is 10.2. The highest BCUT2D eigenvalue weighted by Gasteiger charge is 2.08. The fourth-order valence-corrected chi connectivity index (χ4v) is 2.25. The first-order chi connectivity index (χ1) is 12.1. The Hall–Kier alpha value is -2.89. The molecule has 0 bridgehead atoms. The number of amides is 1. The number of carbonyl (C=O) groups excluding carboxylic acids is 2. The molecule has 0 radical (unpaired) electrons. The van der Waals surface area contributed by atoms with Gasteiger partial charge in [0.15, 0.2) is 0 Å². The fraction of sp³-hybridized carbons (Fsp3) is 0.316. The number of benzene rings is 1. The van der Waals surface area contributed by atoms with Crippen molar-refractivity contribution in [3.63, 3.8) is 0 Å². The van der Waals surface area contributed by atoms with Crippen molar-refractivity contribution >= 4 is 11.9 Å². The summed E-state index contributed by atoms with van der Waals surface area (Å²) < 4.78 is 10.0. The molecule has 0 saturated heterocycles. The predicted molar refractivity (Wildman–Crippen MR) is 94.4 cm³/mol. The van der Waals surface area contributed by atoms with E-state index in [0.29, 0.717) is 31.6 Å². The highest BCUT2D eigenvalue weighted by atomic mass is 16.5. The van der Waals surface area contributed by atoms with E-state index in [1.165, 1.54) is 6.20 Å². The minimum Gasteiger partial charge on any atom is -0.497 e. The third kappa shape index (κ3) is 5.60. The number of esters is 1. The van der Waals surface area contributed by atoms with Crippen molar-refractivity contribution in [1.82, 2.24) is 10.3 Å². The monoisotopic (exact) mass is 342 g/mol. The minimum atomic E-state index is -0.249. The van der Waals surface area contributed by atoms with E-state index in [1.54, 1.807) is 26.2 Å². The van der Waals surface area contributed by atoms with Crippen LogP contribution in [0.2, 0.25) is 0 Å². The van der Waals surface area contributed by atoms with E-state index in [9.17, 15) is 9.59 Å². The van der Waals surface area contributed by atoms with E-state index in [0.717, 1.165) is 17.0 Å². The summed E-state index contributed by atoms with van der Waals surface area (Å²) in [7, 11) is 1.61. The van der Waals surface area contributed by atoms with Gasteiger partial charge in [0.05, 0.1) is 25.0 Å². The first kappa shape index (κ1) is 18.4. The molecule has 1 aromatic heterocycles. The van der Waals surface area contributed by atoms with Crippen LogP contribution in [0.1, 0.15) is 30.1 Å². The first-order valence-corrected chi connectivity index (χ1v) is 8.18. The van der Waals surface area contributed by atoms with Gasteiger partial charge in [-0.25, -0.2) is 0 Å². The van der Waals surface area contributed by atoms with Crippen molar-refractivity contribution in [3.05, 3.63) is 48.2 Å². The highest BCUT2D eigenvalue weighted by molar-refractivity contribution is 5.94. The summed E-state index contributed by atoms with van der Waals surface area (Å²) in [5, 5.41) is 2.77. The van der Waals surface area contributed by atoms with Gasteiger partial charge in [0, 0.05) is 24.7 Å². The Morgan fingerprint density at radius 2 is 2.04 bits per heavy atom. The standard InChI is InChI=1S/C19H22N2O4/c1-3-25-18(22)8-5-11-20-19(23)15-9-10-17(21-13-15)14-6-4-7-16(12-14)24-2/h4,6-7,9-10,12-13H,3,5,8,11H2,1-2H3,(H,20,23). The summed E-state index contributed by atoms with van der Waals surface area (Å²) in [6.45, 7) is 2.55. The van der Waals surface area contributed by atoms with Crippen molar-refractivity contribution in [2.45, 2.75) is 19.8 Å². The van der Waals surface area contributed by atoms with Crippen molar-refractivity contribution in [2.24, 2.45) is 0 Å². The molecule has 0 saturated carbocycles.